The van der Waals surface area contributed by atoms with Gasteiger partial charge in [-0.1, -0.05) is 43.6 Å². The number of amides is 1. The highest BCUT2D eigenvalue weighted by Gasteiger charge is 2.28. The van der Waals surface area contributed by atoms with E-state index in [0.717, 1.165) is 22.2 Å². The monoisotopic (exact) mass is 445 g/mol. The SMILES string of the molecule is CCN(CC)S(=O)(=O)c1ccc(Cl)c(C(=O)N2CCc3[nH]c4ccccc4c3C2)c1. The summed E-state index contributed by atoms with van der Waals surface area (Å²) in [6, 6.07) is 12.4. The number of hydrogen-bond donors (Lipinski definition) is 1. The molecule has 0 unspecified atom stereocenters. The molecule has 1 aliphatic heterocycles. The Bertz CT molecular complexity index is 1220. The van der Waals surface area contributed by atoms with Gasteiger partial charge in [0.15, 0.2) is 0 Å². The molecule has 158 valence electrons. The maximum absolute atomic E-state index is 13.3. The number of carbonyl (C=O) groups excluding carboxylic acids is 1. The molecule has 0 atom stereocenters. The first-order valence-corrected chi connectivity index (χ1v) is 11.9. The number of H-pyrrole nitrogens is 1. The Balaban J connectivity index is 1.67. The zero-order chi connectivity index (χ0) is 21.5. The zero-order valence-electron chi connectivity index (χ0n) is 17.0. The van der Waals surface area contributed by atoms with Gasteiger partial charge < -0.3 is 9.88 Å². The first kappa shape index (κ1) is 20.9. The van der Waals surface area contributed by atoms with E-state index in [1.807, 2.05) is 24.3 Å². The average Bonchev–Trinajstić information content (AvgIpc) is 3.12. The minimum absolute atomic E-state index is 0.0868. The van der Waals surface area contributed by atoms with Gasteiger partial charge in [0.1, 0.15) is 0 Å². The van der Waals surface area contributed by atoms with E-state index in [9.17, 15) is 13.2 Å². The van der Waals surface area contributed by atoms with Gasteiger partial charge in [-0.15, -0.1) is 0 Å². The number of rotatable bonds is 5. The van der Waals surface area contributed by atoms with Crippen molar-refractivity contribution in [3.05, 3.63) is 64.3 Å². The first-order chi connectivity index (χ1) is 14.4. The van der Waals surface area contributed by atoms with Gasteiger partial charge in [-0.25, -0.2) is 8.42 Å². The van der Waals surface area contributed by atoms with Gasteiger partial charge >= 0.3 is 0 Å². The molecule has 4 rings (SSSR count). The maximum Gasteiger partial charge on any atom is 0.255 e. The molecular weight excluding hydrogens is 422 g/mol. The van der Waals surface area contributed by atoms with Crippen molar-refractivity contribution in [3.8, 4) is 0 Å². The molecule has 2 aromatic carbocycles. The van der Waals surface area contributed by atoms with Crippen LogP contribution in [-0.2, 0) is 23.0 Å². The van der Waals surface area contributed by atoms with E-state index < -0.39 is 10.0 Å². The summed E-state index contributed by atoms with van der Waals surface area (Å²) in [5.74, 6) is -0.257. The highest BCUT2D eigenvalue weighted by atomic mass is 35.5. The van der Waals surface area contributed by atoms with Crippen molar-refractivity contribution in [1.82, 2.24) is 14.2 Å². The van der Waals surface area contributed by atoms with Crippen LogP contribution in [0, 0.1) is 0 Å². The largest absolute Gasteiger partial charge is 0.358 e. The summed E-state index contributed by atoms with van der Waals surface area (Å²) in [4.78, 5) is 18.6. The molecule has 0 saturated carbocycles. The van der Waals surface area contributed by atoms with Gasteiger partial charge in [0.2, 0.25) is 10.0 Å². The summed E-state index contributed by atoms with van der Waals surface area (Å²) in [5, 5.41) is 1.36. The number of nitrogens with one attached hydrogen (secondary N) is 1. The second-order valence-corrected chi connectivity index (χ2v) is 9.68. The van der Waals surface area contributed by atoms with Gasteiger partial charge in [0.25, 0.3) is 5.91 Å². The molecule has 0 spiro atoms. The Morgan fingerprint density at radius 2 is 1.90 bits per heavy atom. The summed E-state index contributed by atoms with van der Waals surface area (Å²) < 4.78 is 27.1. The van der Waals surface area contributed by atoms with Gasteiger partial charge in [-0.3, -0.25) is 4.79 Å². The number of para-hydroxylation sites is 1. The molecule has 1 aliphatic rings. The third kappa shape index (κ3) is 3.51. The number of halogens is 1. The van der Waals surface area contributed by atoms with Crippen molar-refractivity contribution in [2.45, 2.75) is 31.7 Å². The van der Waals surface area contributed by atoms with E-state index in [1.165, 1.54) is 22.5 Å². The normalized spacial score (nSPS) is 14.3. The number of aromatic nitrogens is 1. The minimum Gasteiger partial charge on any atom is -0.358 e. The molecule has 30 heavy (non-hydrogen) atoms. The number of fused-ring (bicyclic) bond motifs is 3. The molecule has 0 aliphatic carbocycles. The van der Waals surface area contributed by atoms with Crippen LogP contribution < -0.4 is 0 Å². The zero-order valence-corrected chi connectivity index (χ0v) is 18.6. The van der Waals surface area contributed by atoms with Crippen LogP contribution in [0.25, 0.3) is 10.9 Å². The van der Waals surface area contributed by atoms with E-state index in [2.05, 4.69) is 4.98 Å². The molecule has 1 amide bonds. The van der Waals surface area contributed by atoms with Crippen molar-refractivity contribution in [3.63, 3.8) is 0 Å². The lowest BCUT2D eigenvalue weighted by Gasteiger charge is -2.28. The van der Waals surface area contributed by atoms with Crippen LogP contribution in [0.5, 0.6) is 0 Å². The van der Waals surface area contributed by atoms with Crippen molar-refractivity contribution in [2.24, 2.45) is 0 Å². The summed E-state index contributed by atoms with van der Waals surface area (Å²) >= 11 is 6.32. The lowest BCUT2D eigenvalue weighted by Crippen LogP contribution is -2.36. The van der Waals surface area contributed by atoms with Gasteiger partial charge in [0.05, 0.1) is 15.5 Å². The first-order valence-electron chi connectivity index (χ1n) is 10.0. The summed E-state index contributed by atoms with van der Waals surface area (Å²) in [6.07, 6.45) is 0.713. The highest BCUT2D eigenvalue weighted by molar-refractivity contribution is 7.89. The average molecular weight is 446 g/mol. The molecule has 3 aromatic rings. The molecule has 0 radical (unpaired) electrons. The molecule has 2 heterocycles. The number of hydrogen-bond acceptors (Lipinski definition) is 3. The molecule has 6 nitrogen and oxygen atoms in total. The maximum atomic E-state index is 13.3. The number of carbonyl (C=O) groups is 1. The van der Waals surface area contributed by atoms with Crippen LogP contribution in [-0.4, -0.2) is 48.1 Å². The van der Waals surface area contributed by atoms with Crippen LogP contribution in [0.15, 0.2) is 47.4 Å². The van der Waals surface area contributed by atoms with Crippen LogP contribution >= 0.6 is 11.6 Å². The number of nitrogens with zero attached hydrogens (tertiary/aromatic N) is 2. The highest BCUT2D eigenvalue weighted by Crippen LogP contribution is 2.30. The van der Waals surface area contributed by atoms with Crippen molar-refractivity contribution >= 4 is 38.4 Å². The van der Waals surface area contributed by atoms with Crippen LogP contribution in [0.1, 0.15) is 35.5 Å². The lowest BCUT2D eigenvalue weighted by atomic mass is 10.0. The number of sulfonamides is 1. The Labute approximate surface area is 181 Å². The predicted molar refractivity (Wildman–Crippen MR) is 118 cm³/mol. The van der Waals surface area contributed by atoms with E-state index in [0.29, 0.717) is 32.6 Å². The van der Waals surface area contributed by atoms with Gasteiger partial charge in [-0.05, 0) is 24.3 Å². The van der Waals surface area contributed by atoms with Crippen LogP contribution in [0.4, 0.5) is 0 Å². The third-order valence-electron chi connectivity index (χ3n) is 5.68. The van der Waals surface area contributed by atoms with E-state index in [4.69, 9.17) is 11.6 Å². The fourth-order valence-electron chi connectivity index (χ4n) is 4.05. The smallest absolute Gasteiger partial charge is 0.255 e. The Kier molecular flexibility index (Phi) is 5.61. The van der Waals surface area contributed by atoms with Crippen molar-refractivity contribution in [2.75, 3.05) is 19.6 Å². The van der Waals surface area contributed by atoms with Crippen molar-refractivity contribution < 1.29 is 13.2 Å². The van der Waals surface area contributed by atoms with Gasteiger partial charge in [0, 0.05) is 54.8 Å². The van der Waals surface area contributed by atoms with Crippen LogP contribution in [0.3, 0.4) is 0 Å². The molecule has 0 fully saturated rings. The fraction of sp³-hybridized carbons (Fsp3) is 0.318. The van der Waals surface area contributed by atoms with E-state index >= 15 is 0 Å². The Hall–Kier alpha value is -2.35. The molecular formula is C22H24ClN3O3S. The summed E-state index contributed by atoms with van der Waals surface area (Å²) in [6.45, 7) is 5.30. The van der Waals surface area contributed by atoms with E-state index in [-0.39, 0.29) is 21.4 Å². The van der Waals surface area contributed by atoms with Gasteiger partial charge in [-0.2, -0.15) is 4.31 Å². The fourth-order valence-corrected chi connectivity index (χ4v) is 5.73. The second kappa shape index (κ2) is 8.06. The minimum atomic E-state index is -3.67. The molecule has 1 aromatic heterocycles. The molecule has 8 heteroatoms. The third-order valence-corrected chi connectivity index (χ3v) is 8.06. The summed E-state index contributed by atoms with van der Waals surface area (Å²) in [7, 11) is -3.67. The quantitative estimate of drug-likeness (QED) is 0.643. The molecule has 0 saturated heterocycles. The van der Waals surface area contributed by atoms with Crippen molar-refractivity contribution in [1.29, 1.82) is 0 Å². The Morgan fingerprint density at radius 1 is 1.17 bits per heavy atom. The second-order valence-electron chi connectivity index (χ2n) is 7.34. The molecule has 0 bridgehead atoms. The Morgan fingerprint density at radius 3 is 2.63 bits per heavy atom. The summed E-state index contributed by atoms with van der Waals surface area (Å²) in [5.41, 5.74) is 3.52. The van der Waals surface area contributed by atoms with Crippen LogP contribution in [0.2, 0.25) is 5.02 Å². The number of benzene rings is 2. The standard InChI is InChI=1S/C22H24ClN3O3S/c1-3-26(4-2)30(28,29)15-9-10-19(23)17(13-15)22(27)25-12-11-21-18(14-25)16-7-5-6-8-20(16)24-21/h5-10,13,24H,3-4,11-12,14H2,1-2H3. The molecule has 1 N–H and O–H groups in total. The lowest BCUT2D eigenvalue weighted by molar-refractivity contribution is 0.0735. The topological polar surface area (TPSA) is 73.5 Å². The number of aromatic amines is 1. The predicted octanol–water partition coefficient (Wildman–Crippen LogP) is 4.05. The van der Waals surface area contributed by atoms with E-state index in [1.54, 1.807) is 18.7 Å².